The molecule has 0 unspecified atom stereocenters. The number of aliphatic imine (C=N–C) groups is 2. The highest BCUT2D eigenvalue weighted by Crippen LogP contribution is 2.26. The van der Waals surface area contributed by atoms with Gasteiger partial charge in [-0.2, -0.15) is 4.99 Å². The first-order chi connectivity index (χ1) is 12.5. The van der Waals surface area contributed by atoms with E-state index in [0.29, 0.717) is 18.8 Å². The molecule has 1 aliphatic rings. The maximum Gasteiger partial charge on any atom is 0.410 e. The zero-order valence-electron chi connectivity index (χ0n) is 16.4. The number of nitrogens with two attached hydrogens (primary N) is 3. The maximum absolute atomic E-state index is 12.2. The topological polar surface area (TPSA) is 136 Å². The van der Waals surface area contributed by atoms with Crippen LogP contribution < -0.4 is 22.1 Å². The van der Waals surface area contributed by atoms with Gasteiger partial charge in [-0.05, 0) is 51.5 Å². The van der Waals surface area contributed by atoms with E-state index < -0.39 is 5.60 Å². The summed E-state index contributed by atoms with van der Waals surface area (Å²) in [4.78, 5) is 24.0. The molecule has 0 aliphatic carbocycles. The third-order valence-corrected chi connectivity index (χ3v) is 3.94. The molecular weight excluding hydrogens is 346 g/mol. The summed E-state index contributed by atoms with van der Waals surface area (Å²) in [5, 5.41) is 0. The summed E-state index contributed by atoms with van der Waals surface area (Å²) in [6.07, 6.45) is -0.265. The molecule has 9 nitrogen and oxygen atoms in total. The van der Waals surface area contributed by atoms with Gasteiger partial charge in [-0.25, -0.2) is 9.79 Å². The van der Waals surface area contributed by atoms with Crippen molar-refractivity contribution in [2.24, 2.45) is 27.2 Å². The van der Waals surface area contributed by atoms with Crippen molar-refractivity contribution in [3.8, 4) is 0 Å². The molecule has 0 atom stereocenters. The number of aryl methyl sites for hydroxylation is 1. The van der Waals surface area contributed by atoms with Crippen LogP contribution in [0.1, 0.15) is 26.3 Å². The minimum atomic E-state index is -0.485. The average molecular weight is 375 g/mol. The second-order valence-corrected chi connectivity index (χ2v) is 7.43. The zero-order valence-corrected chi connectivity index (χ0v) is 16.4. The Balaban J connectivity index is 2.02. The van der Waals surface area contributed by atoms with Gasteiger partial charge in [0.05, 0.1) is 5.69 Å². The molecule has 0 aromatic heterocycles. The largest absolute Gasteiger partial charge is 0.444 e. The summed E-state index contributed by atoms with van der Waals surface area (Å²) in [7, 11) is 0. The minimum absolute atomic E-state index is 0.00752. The summed E-state index contributed by atoms with van der Waals surface area (Å²) >= 11 is 0. The number of ether oxygens (including phenoxy) is 1. The second kappa shape index (κ2) is 8.15. The Morgan fingerprint density at radius 2 is 1.74 bits per heavy atom. The van der Waals surface area contributed by atoms with Gasteiger partial charge in [0.2, 0.25) is 5.96 Å². The predicted octanol–water partition coefficient (Wildman–Crippen LogP) is 1.27. The van der Waals surface area contributed by atoms with E-state index in [2.05, 4.69) is 14.9 Å². The smallest absolute Gasteiger partial charge is 0.410 e. The lowest BCUT2D eigenvalue weighted by Gasteiger charge is -2.37. The Kier molecular flexibility index (Phi) is 6.14. The van der Waals surface area contributed by atoms with Crippen molar-refractivity contribution in [1.29, 1.82) is 0 Å². The number of anilines is 1. The SMILES string of the molecule is Cc1cc(N=C(N)N=C(N)N)ccc1N1CCN(C(=O)OC(C)(C)C)CC1. The number of nitrogens with zero attached hydrogens (tertiary/aromatic N) is 4. The van der Waals surface area contributed by atoms with Crippen LogP contribution in [0.25, 0.3) is 0 Å². The molecule has 0 radical (unpaired) electrons. The van der Waals surface area contributed by atoms with Gasteiger partial charge in [0.1, 0.15) is 5.60 Å². The third-order valence-electron chi connectivity index (χ3n) is 3.94. The quantitative estimate of drug-likeness (QED) is 0.526. The Labute approximate surface area is 159 Å². The molecule has 0 saturated carbocycles. The molecule has 1 aromatic rings. The van der Waals surface area contributed by atoms with Crippen molar-refractivity contribution in [3.63, 3.8) is 0 Å². The van der Waals surface area contributed by atoms with Crippen molar-refractivity contribution in [1.82, 2.24) is 4.90 Å². The summed E-state index contributed by atoms with van der Waals surface area (Å²) in [5.74, 6) is -0.124. The first kappa shape index (κ1) is 20.3. The molecule has 9 heteroatoms. The molecule has 6 N–H and O–H groups in total. The van der Waals surface area contributed by atoms with Crippen LogP contribution in [0.3, 0.4) is 0 Å². The number of piperazine rings is 1. The number of amides is 1. The highest BCUT2D eigenvalue weighted by Gasteiger charge is 2.26. The van der Waals surface area contributed by atoms with Crippen LogP contribution in [0.2, 0.25) is 0 Å². The van der Waals surface area contributed by atoms with E-state index in [1.165, 1.54) is 0 Å². The Hall–Kier alpha value is -2.97. The molecule has 1 fully saturated rings. The number of carbonyl (C=O) groups excluding carboxylic acids is 1. The fourth-order valence-corrected chi connectivity index (χ4v) is 2.81. The van der Waals surface area contributed by atoms with Crippen molar-refractivity contribution in [3.05, 3.63) is 23.8 Å². The highest BCUT2D eigenvalue weighted by molar-refractivity contribution is 5.93. The van der Waals surface area contributed by atoms with Crippen LogP contribution in [0, 0.1) is 6.92 Å². The second-order valence-electron chi connectivity index (χ2n) is 7.43. The summed E-state index contributed by atoms with van der Waals surface area (Å²) in [6, 6.07) is 5.77. The molecule has 148 valence electrons. The van der Waals surface area contributed by atoms with Crippen molar-refractivity contribution in [2.45, 2.75) is 33.3 Å². The monoisotopic (exact) mass is 375 g/mol. The molecule has 1 saturated heterocycles. The van der Waals surface area contributed by atoms with Gasteiger partial charge >= 0.3 is 6.09 Å². The number of hydrogen-bond donors (Lipinski definition) is 3. The van der Waals surface area contributed by atoms with Crippen molar-refractivity contribution >= 4 is 29.4 Å². The maximum atomic E-state index is 12.2. The van der Waals surface area contributed by atoms with Gasteiger partial charge < -0.3 is 31.7 Å². The van der Waals surface area contributed by atoms with E-state index in [-0.39, 0.29) is 18.0 Å². The van der Waals surface area contributed by atoms with E-state index in [1.807, 2.05) is 45.9 Å². The van der Waals surface area contributed by atoms with E-state index in [0.717, 1.165) is 24.3 Å². The summed E-state index contributed by atoms with van der Waals surface area (Å²) in [6.45, 7) is 10.3. The molecule has 2 rings (SSSR count). The van der Waals surface area contributed by atoms with Crippen molar-refractivity contribution in [2.75, 3.05) is 31.1 Å². The van der Waals surface area contributed by atoms with E-state index in [4.69, 9.17) is 21.9 Å². The van der Waals surface area contributed by atoms with Gasteiger partial charge in [-0.1, -0.05) is 0 Å². The van der Waals surface area contributed by atoms with Gasteiger partial charge in [-0.15, -0.1) is 0 Å². The Morgan fingerprint density at radius 3 is 2.26 bits per heavy atom. The molecule has 1 amide bonds. The van der Waals surface area contributed by atoms with Crippen LogP contribution in [0.15, 0.2) is 28.2 Å². The fraction of sp³-hybridized carbons (Fsp3) is 0.500. The lowest BCUT2D eigenvalue weighted by molar-refractivity contribution is 0.0240. The number of hydrogen-bond acceptors (Lipinski definition) is 4. The van der Waals surface area contributed by atoms with E-state index in [9.17, 15) is 4.79 Å². The fourth-order valence-electron chi connectivity index (χ4n) is 2.81. The third kappa shape index (κ3) is 6.05. The summed E-state index contributed by atoms with van der Waals surface area (Å²) in [5.41, 5.74) is 18.6. The molecule has 1 aliphatic heterocycles. The minimum Gasteiger partial charge on any atom is -0.444 e. The van der Waals surface area contributed by atoms with Gasteiger partial charge in [0.15, 0.2) is 5.96 Å². The predicted molar refractivity (Wildman–Crippen MR) is 108 cm³/mol. The molecular formula is C18H29N7O2. The number of carbonyl (C=O) groups is 1. The van der Waals surface area contributed by atoms with Gasteiger partial charge in [0, 0.05) is 31.9 Å². The van der Waals surface area contributed by atoms with Crippen LogP contribution >= 0.6 is 0 Å². The highest BCUT2D eigenvalue weighted by atomic mass is 16.6. The molecule has 0 bridgehead atoms. The lowest BCUT2D eigenvalue weighted by Crippen LogP contribution is -2.50. The average Bonchev–Trinajstić information content (AvgIpc) is 2.52. The van der Waals surface area contributed by atoms with E-state index in [1.54, 1.807) is 4.90 Å². The van der Waals surface area contributed by atoms with Crippen LogP contribution in [-0.4, -0.2) is 54.7 Å². The molecule has 27 heavy (non-hydrogen) atoms. The normalized spacial score (nSPS) is 15.5. The van der Waals surface area contributed by atoms with Crippen LogP contribution in [0.4, 0.5) is 16.2 Å². The molecule has 0 spiro atoms. The Bertz CT molecular complexity index is 741. The standard InChI is InChI=1S/C18H29N7O2/c1-12-11-13(22-16(21)23-15(19)20)5-6-14(12)24-7-9-25(10-8-24)17(26)27-18(2,3)4/h5-6,11H,7-10H2,1-4H3,(H6,19,20,21,22,23). The number of guanidine groups is 2. The first-order valence-corrected chi connectivity index (χ1v) is 8.82. The van der Waals surface area contributed by atoms with Crippen LogP contribution in [-0.2, 0) is 4.74 Å². The first-order valence-electron chi connectivity index (χ1n) is 8.82. The number of rotatable bonds is 2. The zero-order chi connectivity index (χ0) is 20.2. The van der Waals surface area contributed by atoms with Gasteiger partial charge in [-0.3, -0.25) is 0 Å². The summed E-state index contributed by atoms with van der Waals surface area (Å²) < 4.78 is 5.44. The molecule has 1 aromatic carbocycles. The Morgan fingerprint density at radius 1 is 1.11 bits per heavy atom. The van der Waals surface area contributed by atoms with E-state index >= 15 is 0 Å². The molecule has 1 heterocycles. The lowest BCUT2D eigenvalue weighted by atomic mass is 10.1. The number of benzene rings is 1. The van der Waals surface area contributed by atoms with Crippen molar-refractivity contribution < 1.29 is 9.53 Å². The van der Waals surface area contributed by atoms with Crippen LogP contribution in [0.5, 0.6) is 0 Å². The van der Waals surface area contributed by atoms with Gasteiger partial charge in [0.25, 0.3) is 0 Å².